The molecule has 0 N–H and O–H groups in total. The van der Waals surface area contributed by atoms with Gasteiger partial charge in [0.25, 0.3) is 5.69 Å². The summed E-state index contributed by atoms with van der Waals surface area (Å²) in [5.74, 6) is 13.9. The molecular formula is C37H35NO5S. The van der Waals surface area contributed by atoms with E-state index in [2.05, 4.69) is 51.4 Å². The number of rotatable bonds is 8. The minimum absolute atomic E-state index is 0.0220. The molecule has 0 saturated heterocycles. The van der Waals surface area contributed by atoms with E-state index in [9.17, 15) is 18.5 Å². The van der Waals surface area contributed by atoms with E-state index in [-0.39, 0.29) is 22.4 Å². The van der Waals surface area contributed by atoms with E-state index < -0.39 is 25.4 Å². The SMILES string of the molecule is COc1ccc(C(C)(C)C#CC(C)(C)c2ccc(C#CCC(c3ccc([N+](=O)[O-])cc3)S(=O)(=O)c3ccccc3)cc2)cc1. The lowest BCUT2D eigenvalue weighted by Gasteiger charge is -2.22. The molecule has 4 rings (SSSR count). The fourth-order valence-electron chi connectivity index (χ4n) is 4.67. The predicted molar refractivity (Wildman–Crippen MR) is 174 cm³/mol. The molecule has 0 fully saturated rings. The molecule has 4 aromatic carbocycles. The van der Waals surface area contributed by atoms with Gasteiger partial charge in [0.1, 0.15) is 11.0 Å². The third-order valence-corrected chi connectivity index (χ3v) is 9.67. The normalized spacial score (nSPS) is 12.2. The molecule has 0 bridgehead atoms. The number of benzene rings is 4. The minimum Gasteiger partial charge on any atom is -0.497 e. The Hall–Kier alpha value is -4.85. The highest BCUT2D eigenvalue weighted by Crippen LogP contribution is 2.33. The number of nitro benzene ring substituents is 1. The predicted octanol–water partition coefficient (Wildman–Crippen LogP) is 7.82. The fourth-order valence-corrected chi connectivity index (χ4v) is 6.36. The molecular weight excluding hydrogens is 570 g/mol. The lowest BCUT2D eigenvalue weighted by atomic mass is 9.80. The third-order valence-electron chi connectivity index (χ3n) is 7.55. The van der Waals surface area contributed by atoms with Crippen LogP contribution in [0.2, 0.25) is 0 Å². The quantitative estimate of drug-likeness (QED) is 0.116. The Balaban J connectivity index is 1.55. The maximum absolute atomic E-state index is 13.6. The zero-order valence-corrected chi connectivity index (χ0v) is 26.3. The van der Waals surface area contributed by atoms with Gasteiger partial charge in [-0.15, -0.1) is 0 Å². The van der Waals surface area contributed by atoms with Gasteiger partial charge in [-0.3, -0.25) is 10.1 Å². The van der Waals surface area contributed by atoms with Gasteiger partial charge < -0.3 is 4.74 Å². The van der Waals surface area contributed by atoms with Gasteiger partial charge in [-0.1, -0.05) is 78.3 Å². The Labute approximate surface area is 260 Å². The van der Waals surface area contributed by atoms with Crippen LogP contribution in [0, 0.1) is 33.8 Å². The van der Waals surface area contributed by atoms with E-state index in [1.807, 2.05) is 48.5 Å². The van der Waals surface area contributed by atoms with Crippen molar-refractivity contribution < 1.29 is 18.1 Å². The van der Waals surface area contributed by atoms with Crippen molar-refractivity contribution in [3.63, 3.8) is 0 Å². The topological polar surface area (TPSA) is 86.5 Å². The van der Waals surface area contributed by atoms with E-state index in [0.29, 0.717) is 5.56 Å². The average Bonchev–Trinajstić information content (AvgIpc) is 3.03. The van der Waals surface area contributed by atoms with Crippen LogP contribution in [0.3, 0.4) is 0 Å². The van der Waals surface area contributed by atoms with Crippen molar-refractivity contribution in [1.82, 2.24) is 0 Å². The van der Waals surface area contributed by atoms with Crippen LogP contribution in [0.1, 0.15) is 61.6 Å². The summed E-state index contributed by atoms with van der Waals surface area (Å²) in [6.07, 6.45) is 0.0220. The summed E-state index contributed by atoms with van der Waals surface area (Å²) >= 11 is 0. The van der Waals surface area contributed by atoms with Gasteiger partial charge >= 0.3 is 0 Å². The highest BCUT2D eigenvalue weighted by molar-refractivity contribution is 7.91. The van der Waals surface area contributed by atoms with E-state index in [0.717, 1.165) is 22.4 Å². The Morgan fingerprint density at radius 3 is 1.80 bits per heavy atom. The zero-order valence-electron chi connectivity index (χ0n) is 25.5. The fraction of sp³-hybridized carbons (Fsp3) is 0.243. The lowest BCUT2D eigenvalue weighted by molar-refractivity contribution is -0.384. The zero-order chi connectivity index (χ0) is 32.0. The summed E-state index contributed by atoms with van der Waals surface area (Å²) in [4.78, 5) is 10.8. The van der Waals surface area contributed by atoms with Crippen LogP contribution >= 0.6 is 0 Å². The maximum Gasteiger partial charge on any atom is 0.269 e. The van der Waals surface area contributed by atoms with Gasteiger partial charge in [0.2, 0.25) is 0 Å². The Kier molecular flexibility index (Phi) is 9.62. The Morgan fingerprint density at radius 1 is 0.773 bits per heavy atom. The van der Waals surface area contributed by atoms with E-state index in [4.69, 9.17) is 4.74 Å². The summed E-state index contributed by atoms with van der Waals surface area (Å²) in [7, 11) is -2.16. The van der Waals surface area contributed by atoms with Gasteiger partial charge in [0.05, 0.1) is 27.8 Å². The second-order valence-electron chi connectivity index (χ2n) is 11.5. The van der Waals surface area contributed by atoms with Crippen LogP contribution in [-0.4, -0.2) is 20.5 Å². The molecule has 4 aromatic rings. The van der Waals surface area contributed by atoms with Crippen molar-refractivity contribution in [1.29, 1.82) is 0 Å². The molecule has 0 spiro atoms. The van der Waals surface area contributed by atoms with Crippen LogP contribution in [-0.2, 0) is 20.7 Å². The van der Waals surface area contributed by atoms with Gasteiger partial charge in [-0.25, -0.2) is 8.42 Å². The largest absolute Gasteiger partial charge is 0.497 e. The van der Waals surface area contributed by atoms with Crippen molar-refractivity contribution in [3.8, 4) is 29.4 Å². The molecule has 0 aliphatic rings. The summed E-state index contributed by atoms with van der Waals surface area (Å²) < 4.78 is 32.4. The van der Waals surface area contributed by atoms with Crippen molar-refractivity contribution in [3.05, 3.63) is 135 Å². The molecule has 0 radical (unpaired) electrons. The number of sulfone groups is 1. The molecule has 0 aliphatic carbocycles. The number of non-ortho nitro benzene ring substituents is 1. The maximum atomic E-state index is 13.6. The molecule has 7 heteroatoms. The van der Waals surface area contributed by atoms with Crippen molar-refractivity contribution >= 4 is 15.5 Å². The second kappa shape index (κ2) is 13.2. The van der Waals surface area contributed by atoms with Gasteiger partial charge in [-0.2, -0.15) is 0 Å². The molecule has 0 heterocycles. The average molecular weight is 606 g/mol. The molecule has 224 valence electrons. The van der Waals surface area contributed by atoms with Gasteiger partial charge in [-0.05, 0) is 80.8 Å². The third kappa shape index (κ3) is 7.56. The highest BCUT2D eigenvalue weighted by Gasteiger charge is 2.29. The first-order chi connectivity index (χ1) is 20.8. The molecule has 0 aromatic heterocycles. The monoisotopic (exact) mass is 605 g/mol. The molecule has 0 aliphatic heterocycles. The van der Waals surface area contributed by atoms with Crippen LogP contribution in [0.5, 0.6) is 5.75 Å². The summed E-state index contributed by atoms with van der Waals surface area (Å²) in [6.45, 7) is 8.35. The second-order valence-corrected chi connectivity index (χ2v) is 13.6. The van der Waals surface area contributed by atoms with Crippen LogP contribution in [0.4, 0.5) is 5.69 Å². The number of methoxy groups -OCH3 is 1. The van der Waals surface area contributed by atoms with Crippen molar-refractivity contribution in [2.24, 2.45) is 0 Å². The Bertz CT molecular complexity index is 1840. The number of hydrogen-bond donors (Lipinski definition) is 0. The summed E-state index contributed by atoms with van der Waals surface area (Å²) in [5, 5.41) is 10.1. The van der Waals surface area contributed by atoms with E-state index >= 15 is 0 Å². The number of nitro groups is 1. The summed E-state index contributed by atoms with van der Waals surface area (Å²) in [6, 6.07) is 29.5. The Morgan fingerprint density at radius 2 is 1.30 bits per heavy atom. The standard InChI is InChI=1S/C37H35NO5S/c1-36(2,26-27-37(3,4)31-20-24-33(43-5)25-21-31)30-18-14-28(15-19-30)10-9-13-35(29-16-22-32(23-17-29)38(39)40)44(41,42)34-11-7-6-8-12-34/h6-8,11-12,14-25,35H,13H2,1-5H3. The van der Waals surface area contributed by atoms with Gasteiger partial charge in [0, 0.05) is 24.1 Å². The molecule has 0 saturated carbocycles. The van der Waals surface area contributed by atoms with Crippen LogP contribution in [0.25, 0.3) is 0 Å². The number of ether oxygens (including phenoxy) is 1. The summed E-state index contributed by atoms with van der Waals surface area (Å²) in [5.41, 5.74) is 2.46. The number of nitrogens with zero attached hydrogens (tertiary/aromatic N) is 1. The lowest BCUT2D eigenvalue weighted by Crippen LogP contribution is -2.19. The first-order valence-corrected chi connectivity index (χ1v) is 15.7. The molecule has 1 unspecified atom stereocenters. The number of hydrogen-bond acceptors (Lipinski definition) is 5. The van der Waals surface area contributed by atoms with E-state index in [1.165, 1.54) is 24.3 Å². The van der Waals surface area contributed by atoms with Crippen molar-refractivity contribution in [2.45, 2.75) is 55.1 Å². The molecule has 44 heavy (non-hydrogen) atoms. The first kappa shape index (κ1) is 32.1. The van der Waals surface area contributed by atoms with Crippen LogP contribution in [0.15, 0.2) is 108 Å². The van der Waals surface area contributed by atoms with Gasteiger partial charge in [0.15, 0.2) is 9.84 Å². The molecule has 0 amide bonds. The smallest absolute Gasteiger partial charge is 0.269 e. The highest BCUT2D eigenvalue weighted by atomic mass is 32.2. The first-order valence-electron chi connectivity index (χ1n) is 14.1. The molecule has 1 atom stereocenters. The molecule has 6 nitrogen and oxygen atoms in total. The van der Waals surface area contributed by atoms with Crippen LogP contribution < -0.4 is 4.74 Å². The minimum atomic E-state index is -3.80. The van der Waals surface area contributed by atoms with Crippen molar-refractivity contribution in [2.75, 3.05) is 7.11 Å². The van der Waals surface area contributed by atoms with E-state index in [1.54, 1.807) is 37.4 Å².